The first-order valence-electron chi connectivity index (χ1n) is 7.24. The van der Waals surface area contributed by atoms with Gasteiger partial charge in [-0.25, -0.2) is 8.42 Å². The number of nitrogens with zero attached hydrogens (tertiary/aromatic N) is 1. The first kappa shape index (κ1) is 17.9. The molecule has 1 aromatic heterocycles. The molecule has 0 saturated carbocycles. The average molecular weight is 450 g/mol. The highest BCUT2D eigenvalue weighted by Gasteiger charge is 2.29. The highest BCUT2D eigenvalue weighted by Crippen LogP contribution is 2.30. The van der Waals surface area contributed by atoms with Crippen molar-refractivity contribution < 1.29 is 13.2 Å². The molecule has 1 amide bonds. The summed E-state index contributed by atoms with van der Waals surface area (Å²) < 4.78 is 27.7. The summed E-state index contributed by atoms with van der Waals surface area (Å²) in [5.41, 5.74) is 0.395. The minimum absolute atomic E-state index is 0.0243. The molecule has 24 heavy (non-hydrogen) atoms. The molecule has 1 fully saturated rings. The van der Waals surface area contributed by atoms with Gasteiger partial charge in [0.05, 0.1) is 13.7 Å². The van der Waals surface area contributed by atoms with Crippen LogP contribution >= 0.6 is 38.9 Å². The van der Waals surface area contributed by atoms with Crippen molar-refractivity contribution in [2.75, 3.05) is 18.4 Å². The third-order valence-corrected chi connectivity index (χ3v) is 7.67. The fourth-order valence-corrected chi connectivity index (χ4v) is 5.77. The number of thiophene rings is 1. The van der Waals surface area contributed by atoms with Gasteiger partial charge in [-0.15, -0.1) is 11.3 Å². The fraction of sp³-hybridized carbons (Fsp3) is 0.267. The van der Waals surface area contributed by atoms with Gasteiger partial charge in [0, 0.05) is 18.8 Å². The summed E-state index contributed by atoms with van der Waals surface area (Å²) in [6, 6.07) is 7.97. The number of rotatable bonds is 4. The van der Waals surface area contributed by atoms with E-state index in [1.54, 1.807) is 18.2 Å². The standard InChI is InChI=1S/C15H14BrClN2O3S2/c16-14-6-5-12(23-14)15(20)18-10-3-4-11(17)13(9-10)24(21,22)19-7-1-2-8-19/h3-6,9H,1-2,7-8H2,(H,18,20). The Morgan fingerprint density at radius 1 is 1.21 bits per heavy atom. The third-order valence-electron chi connectivity index (χ3n) is 3.67. The molecular formula is C15H14BrClN2O3S2. The van der Waals surface area contributed by atoms with Gasteiger partial charge in [0.15, 0.2) is 0 Å². The second-order valence-electron chi connectivity index (χ2n) is 5.31. The lowest BCUT2D eigenvalue weighted by Gasteiger charge is -2.17. The molecule has 0 unspecified atom stereocenters. The summed E-state index contributed by atoms with van der Waals surface area (Å²) >= 11 is 10.7. The molecule has 0 radical (unpaired) electrons. The second-order valence-corrected chi connectivity index (χ2v) is 10.1. The average Bonchev–Trinajstić information content (AvgIpc) is 3.20. The van der Waals surface area contributed by atoms with E-state index in [9.17, 15) is 13.2 Å². The largest absolute Gasteiger partial charge is 0.321 e. The molecule has 1 aliphatic rings. The number of carbonyl (C=O) groups excluding carboxylic acids is 1. The maximum atomic E-state index is 12.7. The topological polar surface area (TPSA) is 66.5 Å². The molecule has 5 nitrogen and oxygen atoms in total. The summed E-state index contributed by atoms with van der Waals surface area (Å²) in [7, 11) is -3.64. The number of benzene rings is 1. The van der Waals surface area contributed by atoms with Crippen LogP contribution in [0.15, 0.2) is 39.0 Å². The van der Waals surface area contributed by atoms with Crippen molar-refractivity contribution in [1.29, 1.82) is 0 Å². The molecule has 2 heterocycles. The molecule has 1 aliphatic heterocycles. The van der Waals surface area contributed by atoms with Gasteiger partial charge in [-0.3, -0.25) is 4.79 Å². The third kappa shape index (κ3) is 3.67. The van der Waals surface area contributed by atoms with E-state index in [1.165, 1.54) is 27.8 Å². The SMILES string of the molecule is O=C(Nc1ccc(Cl)c(S(=O)(=O)N2CCCC2)c1)c1ccc(Br)s1. The highest BCUT2D eigenvalue weighted by atomic mass is 79.9. The van der Waals surface area contributed by atoms with Gasteiger partial charge >= 0.3 is 0 Å². The zero-order valence-electron chi connectivity index (χ0n) is 12.5. The summed E-state index contributed by atoms with van der Waals surface area (Å²) in [5.74, 6) is -0.294. The van der Waals surface area contributed by atoms with Gasteiger partial charge in [-0.1, -0.05) is 11.6 Å². The molecule has 1 N–H and O–H groups in total. The van der Waals surface area contributed by atoms with Gasteiger partial charge in [0.1, 0.15) is 4.90 Å². The first-order chi connectivity index (χ1) is 11.4. The van der Waals surface area contributed by atoms with Crippen LogP contribution in [0.2, 0.25) is 5.02 Å². The van der Waals surface area contributed by atoms with E-state index in [0.717, 1.165) is 16.6 Å². The summed E-state index contributed by atoms with van der Waals surface area (Å²) in [6.45, 7) is 0.997. The van der Waals surface area contributed by atoms with E-state index in [-0.39, 0.29) is 15.8 Å². The van der Waals surface area contributed by atoms with Gasteiger partial charge in [0.2, 0.25) is 10.0 Å². The Morgan fingerprint density at radius 3 is 2.54 bits per heavy atom. The summed E-state index contributed by atoms with van der Waals surface area (Å²) in [5, 5.41) is 2.86. The van der Waals surface area contributed by atoms with Crippen molar-refractivity contribution >= 4 is 60.5 Å². The first-order valence-corrected chi connectivity index (χ1v) is 10.7. The van der Waals surface area contributed by atoms with Crippen molar-refractivity contribution in [3.8, 4) is 0 Å². The van der Waals surface area contributed by atoms with Crippen LogP contribution in [0.4, 0.5) is 5.69 Å². The molecule has 0 atom stereocenters. The normalized spacial score (nSPS) is 15.6. The van der Waals surface area contributed by atoms with Crippen molar-refractivity contribution in [1.82, 2.24) is 4.31 Å². The maximum Gasteiger partial charge on any atom is 0.265 e. The number of sulfonamides is 1. The Morgan fingerprint density at radius 2 is 1.92 bits per heavy atom. The van der Waals surface area contributed by atoms with Crippen LogP contribution in [-0.2, 0) is 10.0 Å². The Bertz CT molecular complexity index is 877. The molecule has 1 saturated heterocycles. The lowest BCUT2D eigenvalue weighted by molar-refractivity contribution is 0.103. The van der Waals surface area contributed by atoms with E-state index >= 15 is 0 Å². The number of carbonyl (C=O) groups is 1. The van der Waals surface area contributed by atoms with Gasteiger partial charge in [-0.2, -0.15) is 4.31 Å². The number of hydrogen-bond donors (Lipinski definition) is 1. The molecule has 2 aromatic rings. The van der Waals surface area contributed by atoms with Crippen molar-refractivity contribution in [2.24, 2.45) is 0 Å². The molecule has 3 rings (SSSR count). The van der Waals surface area contributed by atoms with Crippen molar-refractivity contribution in [2.45, 2.75) is 17.7 Å². The number of amides is 1. The van der Waals surface area contributed by atoms with Crippen LogP contribution in [0.1, 0.15) is 22.5 Å². The van der Waals surface area contributed by atoms with Crippen LogP contribution in [0.3, 0.4) is 0 Å². The monoisotopic (exact) mass is 448 g/mol. The molecule has 1 aromatic carbocycles. The van der Waals surface area contributed by atoms with Crippen LogP contribution in [-0.4, -0.2) is 31.7 Å². The van der Waals surface area contributed by atoms with E-state index in [4.69, 9.17) is 11.6 Å². The second kappa shape index (κ2) is 7.13. The minimum Gasteiger partial charge on any atom is -0.321 e. The number of nitrogens with one attached hydrogen (secondary N) is 1. The zero-order chi connectivity index (χ0) is 17.3. The number of anilines is 1. The van der Waals surface area contributed by atoms with E-state index in [1.807, 2.05) is 0 Å². The van der Waals surface area contributed by atoms with E-state index in [2.05, 4.69) is 21.2 Å². The summed E-state index contributed by atoms with van der Waals surface area (Å²) in [6.07, 6.45) is 1.70. The number of halogens is 2. The molecule has 0 bridgehead atoms. The Hall–Kier alpha value is -0.930. The maximum absolute atomic E-state index is 12.7. The summed E-state index contributed by atoms with van der Waals surface area (Å²) in [4.78, 5) is 12.8. The molecule has 0 aliphatic carbocycles. The fourth-order valence-electron chi connectivity index (χ4n) is 2.48. The predicted molar refractivity (Wildman–Crippen MR) is 99.4 cm³/mol. The van der Waals surface area contributed by atoms with Crippen LogP contribution < -0.4 is 5.32 Å². The van der Waals surface area contributed by atoms with Crippen LogP contribution in [0.5, 0.6) is 0 Å². The number of hydrogen-bond acceptors (Lipinski definition) is 4. The van der Waals surface area contributed by atoms with Gasteiger partial charge in [-0.05, 0) is 59.1 Å². The van der Waals surface area contributed by atoms with Crippen molar-refractivity contribution in [3.63, 3.8) is 0 Å². The van der Waals surface area contributed by atoms with E-state index < -0.39 is 10.0 Å². The van der Waals surface area contributed by atoms with E-state index in [0.29, 0.717) is 23.7 Å². The minimum atomic E-state index is -3.64. The molecule has 0 spiro atoms. The Kier molecular flexibility index (Phi) is 5.31. The van der Waals surface area contributed by atoms with Gasteiger partial charge < -0.3 is 5.32 Å². The van der Waals surface area contributed by atoms with Gasteiger partial charge in [0.25, 0.3) is 5.91 Å². The van der Waals surface area contributed by atoms with Crippen molar-refractivity contribution in [3.05, 3.63) is 44.0 Å². The van der Waals surface area contributed by atoms with Crippen LogP contribution in [0.25, 0.3) is 0 Å². The quantitative estimate of drug-likeness (QED) is 0.760. The predicted octanol–water partition coefficient (Wildman–Crippen LogP) is 4.20. The Balaban J connectivity index is 1.87. The Labute approximate surface area is 157 Å². The molecule has 9 heteroatoms. The lowest BCUT2D eigenvalue weighted by Crippen LogP contribution is -2.28. The smallest absolute Gasteiger partial charge is 0.265 e. The van der Waals surface area contributed by atoms with Crippen LogP contribution in [0, 0.1) is 0 Å². The zero-order valence-corrected chi connectivity index (χ0v) is 16.4. The molecule has 128 valence electrons. The highest BCUT2D eigenvalue weighted by molar-refractivity contribution is 9.11. The molecular weight excluding hydrogens is 436 g/mol. The lowest BCUT2D eigenvalue weighted by atomic mass is 10.3.